The highest BCUT2D eigenvalue weighted by Gasteiger charge is 2.42. The number of nitrogens with zero attached hydrogens (tertiary/aromatic N) is 1. The van der Waals surface area contributed by atoms with Crippen LogP contribution in [0.3, 0.4) is 0 Å². The molecule has 0 aliphatic heterocycles. The highest BCUT2D eigenvalue weighted by atomic mass is 16.6. The van der Waals surface area contributed by atoms with Crippen molar-refractivity contribution in [2.45, 2.75) is 95.9 Å². The minimum atomic E-state index is -0.660. The molecule has 0 radical (unpaired) electrons. The molecule has 0 saturated heterocycles. The summed E-state index contributed by atoms with van der Waals surface area (Å²) in [7, 11) is 0. The molecule has 1 aliphatic rings. The first-order chi connectivity index (χ1) is 21.9. The highest BCUT2D eigenvalue weighted by Crippen LogP contribution is 2.42. The van der Waals surface area contributed by atoms with E-state index in [1.807, 2.05) is 47.6 Å². The van der Waals surface area contributed by atoms with Gasteiger partial charge in [0.15, 0.2) is 0 Å². The van der Waals surface area contributed by atoms with E-state index in [9.17, 15) is 9.59 Å². The number of carbonyl (C=O) groups is 2. The van der Waals surface area contributed by atoms with E-state index in [4.69, 9.17) is 9.47 Å². The molecule has 1 atom stereocenters. The lowest BCUT2D eigenvalue weighted by molar-refractivity contribution is -0.158. The summed E-state index contributed by atoms with van der Waals surface area (Å²) < 4.78 is 13.2. The van der Waals surface area contributed by atoms with Crippen LogP contribution in [0.1, 0.15) is 95.5 Å². The molecule has 0 amide bonds. The molecule has 5 rings (SSSR count). The summed E-state index contributed by atoms with van der Waals surface area (Å²) in [6.07, 6.45) is 4.53. The van der Waals surface area contributed by atoms with Gasteiger partial charge in [-0.05, 0) is 102 Å². The van der Waals surface area contributed by atoms with Gasteiger partial charge < -0.3 is 9.47 Å². The van der Waals surface area contributed by atoms with Gasteiger partial charge in [0, 0.05) is 17.9 Å². The second-order valence-electron chi connectivity index (χ2n) is 14.4. The summed E-state index contributed by atoms with van der Waals surface area (Å²) in [5.74, 6) is -0.895. The van der Waals surface area contributed by atoms with Crippen molar-refractivity contribution in [2.24, 2.45) is 5.92 Å². The van der Waals surface area contributed by atoms with Gasteiger partial charge in [-0.25, -0.2) is 4.79 Å². The number of benzene rings is 3. The lowest BCUT2D eigenvalue weighted by Crippen LogP contribution is -2.51. The molecule has 46 heavy (non-hydrogen) atoms. The van der Waals surface area contributed by atoms with Crippen molar-refractivity contribution in [3.05, 3.63) is 132 Å². The first-order valence-corrected chi connectivity index (χ1v) is 16.4. The van der Waals surface area contributed by atoms with Crippen molar-refractivity contribution in [3.63, 3.8) is 0 Å². The zero-order valence-electron chi connectivity index (χ0n) is 28.0. The Morgan fingerprint density at radius 1 is 0.652 bits per heavy atom. The number of hydrogen-bond donors (Lipinski definition) is 1. The molecule has 1 fully saturated rings. The van der Waals surface area contributed by atoms with Crippen LogP contribution in [0.15, 0.2) is 109 Å². The van der Waals surface area contributed by atoms with E-state index in [0.717, 1.165) is 25.7 Å². The zero-order valence-corrected chi connectivity index (χ0v) is 28.0. The fraction of sp³-hybridized carbons (Fsp3) is 0.400. The number of carbonyl (C=O) groups excluding carboxylic acids is 2. The molecular weight excluding hydrogens is 572 g/mol. The molecule has 1 unspecified atom stereocenters. The van der Waals surface area contributed by atoms with Crippen molar-refractivity contribution < 1.29 is 19.1 Å². The number of hydrogen-bond acceptors (Lipinski definition) is 5. The summed E-state index contributed by atoms with van der Waals surface area (Å²) in [6, 6.07) is 35.8. The van der Waals surface area contributed by atoms with Crippen LogP contribution in [0.5, 0.6) is 0 Å². The Morgan fingerprint density at radius 2 is 1.11 bits per heavy atom. The normalized spacial score (nSPS) is 18.0. The van der Waals surface area contributed by atoms with Crippen LogP contribution in [-0.4, -0.2) is 33.9 Å². The molecule has 6 nitrogen and oxygen atoms in total. The number of esters is 1. The molecule has 242 valence electrons. The Kier molecular flexibility index (Phi) is 9.88. The Hall–Kier alpha value is -4.16. The summed E-state index contributed by atoms with van der Waals surface area (Å²) in [6.45, 7) is 11.2. The molecule has 0 spiro atoms. The van der Waals surface area contributed by atoms with Gasteiger partial charge in [0.25, 0.3) is 0 Å². The van der Waals surface area contributed by atoms with Crippen LogP contribution in [-0.2, 0) is 19.8 Å². The number of rotatable bonds is 8. The average molecular weight is 621 g/mol. The third kappa shape index (κ3) is 7.61. The van der Waals surface area contributed by atoms with Crippen LogP contribution < -0.4 is 5.32 Å². The second kappa shape index (κ2) is 13.7. The molecule has 3 aromatic carbocycles. The lowest BCUT2D eigenvalue weighted by Gasteiger charge is -2.43. The largest absolute Gasteiger partial charge is 0.459 e. The second-order valence-corrected chi connectivity index (χ2v) is 14.4. The fourth-order valence-corrected chi connectivity index (χ4v) is 6.76. The van der Waals surface area contributed by atoms with E-state index in [-0.39, 0.29) is 17.9 Å². The Labute approximate surface area is 274 Å². The SMILES string of the molecule is CC(C)(C)OC(=O)C(c1cccn1C(=O)OC(C)(C)C)C1CCC(NC(c2ccccc2)(c2ccccc2)c2ccccc2)CC1. The van der Waals surface area contributed by atoms with E-state index in [1.54, 1.807) is 12.3 Å². The minimum Gasteiger partial charge on any atom is -0.459 e. The van der Waals surface area contributed by atoms with Crippen LogP contribution in [0.25, 0.3) is 0 Å². The topological polar surface area (TPSA) is 69.6 Å². The quantitative estimate of drug-likeness (QED) is 0.157. The molecular formula is C40H48N2O4. The monoisotopic (exact) mass is 620 g/mol. The predicted molar refractivity (Wildman–Crippen MR) is 183 cm³/mol. The van der Waals surface area contributed by atoms with E-state index in [1.165, 1.54) is 21.3 Å². The third-order valence-electron chi connectivity index (χ3n) is 8.63. The van der Waals surface area contributed by atoms with Crippen molar-refractivity contribution in [2.75, 3.05) is 0 Å². The van der Waals surface area contributed by atoms with Crippen molar-refractivity contribution in [1.82, 2.24) is 9.88 Å². The van der Waals surface area contributed by atoms with E-state index in [2.05, 4.69) is 96.3 Å². The Balaban J connectivity index is 1.46. The molecule has 4 aromatic rings. The summed E-state index contributed by atoms with van der Waals surface area (Å²) in [5.41, 5.74) is 2.28. The van der Waals surface area contributed by atoms with Gasteiger partial charge in [0.2, 0.25) is 0 Å². The number of nitrogens with one attached hydrogen (secondary N) is 1. The molecule has 0 bridgehead atoms. The first-order valence-electron chi connectivity index (χ1n) is 16.4. The standard InChI is InChI=1S/C40H48N2O4/c1-38(2,3)45-36(43)35(34-23-16-28-42(34)37(44)46-39(4,5)6)29-24-26-33(27-25-29)41-40(30-17-10-7-11-18-30,31-19-12-8-13-20-31)32-21-14-9-15-22-32/h7-23,28-29,33,35,41H,24-27H2,1-6H3. The lowest BCUT2D eigenvalue weighted by atomic mass is 9.73. The maximum Gasteiger partial charge on any atom is 0.418 e. The maximum absolute atomic E-state index is 13.9. The van der Waals surface area contributed by atoms with E-state index < -0.39 is 28.8 Å². The first kappa shape index (κ1) is 33.2. The number of aromatic nitrogens is 1. The predicted octanol–water partition coefficient (Wildman–Crippen LogP) is 8.84. The Bertz CT molecular complexity index is 1480. The van der Waals surface area contributed by atoms with Gasteiger partial charge in [0.1, 0.15) is 17.1 Å². The van der Waals surface area contributed by atoms with Crippen molar-refractivity contribution in [3.8, 4) is 0 Å². The molecule has 1 aliphatic carbocycles. The van der Waals surface area contributed by atoms with Gasteiger partial charge in [-0.3, -0.25) is 14.7 Å². The smallest absolute Gasteiger partial charge is 0.418 e. The average Bonchev–Trinajstić information content (AvgIpc) is 3.50. The molecule has 1 aromatic heterocycles. The van der Waals surface area contributed by atoms with Gasteiger partial charge in [-0.15, -0.1) is 0 Å². The van der Waals surface area contributed by atoms with Crippen LogP contribution >= 0.6 is 0 Å². The molecule has 1 N–H and O–H groups in total. The van der Waals surface area contributed by atoms with Gasteiger partial charge in [-0.1, -0.05) is 91.0 Å². The van der Waals surface area contributed by atoms with Gasteiger partial charge in [-0.2, -0.15) is 0 Å². The molecule has 6 heteroatoms. The van der Waals surface area contributed by atoms with Crippen molar-refractivity contribution in [1.29, 1.82) is 0 Å². The molecule has 1 heterocycles. The fourth-order valence-electron chi connectivity index (χ4n) is 6.76. The van der Waals surface area contributed by atoms with Gasteiger partial charge >= 0.3 is 12.1 Å². The third-order valence-corrected chi connectivity index (χ3v) is 8.63. The van der Waals surface area contributed by atoms with Crippen LogP contribution in [0.2, 0.25) is 0 Å². The van der Waals surface area contributed by atoms with Crippen LogP contribution in [0, 0.1) is 5.92 Å². The van der Waals surface area contributed by atoms with Crippen molar-refractivity contribution >= 4 is 12.1 Å². The summed E-state index contributed by atoms with van der Waals surface area (Å²) in [5, 5.41) is 4.14. The van der Waals surface area contributed by atoms with Crippen LogP contribution in [0.4, 0.5) is 4.79 Å². The molecule has 1 saturated carbocycles. The summed E-state index contributed by atoms with van der Waals surface area (Å²) in [4.78, 5) is 27.1. The maximum atomic E-state index is 13.9. The zero-order chi connectivity index (χ0) is 33.0. The minimum absolute atomic E-state index is 0.00330. The van der Waals surface area contributed by atoms with Gasteiger partial charge in [0.05, 0.1) is 5.54 Å². The Morgan fingerprint density at radius 3 is 1.54 bits per heavy atom. The summed E-state index contributed by atoms with van der Waals surface area (Å²) >= 11 is 0. The number of ether oxygens (including phenoxy) is 2. The van der Waals surface area contributed by atoms with E-state index in [0.29, 0.717) is 5.69 Å². The van der Waals surface area contributed by atoms with E-state index >= 15 is 0 Å². The highest BCUT2D eigenvalue weighted by molar-refractivity contribution is 5.81.